The molecule has 1 aromatic carbocycles. The van der Waals surface area contributed by atoms with Crippen LogP contribution in [0.3, 0.4) is 0 Å². The molecular weight excluding hydrogens is 304 g/mol. The molecule has 2 aliphatic rings. The molecule has 5 nitrogen and oxygen atoms in total. The molecule has 0 aliphatic carbocycles. The molecule has 2 fully saturated rings. The summed E-state index contributed by atoms with van der Waals surface area (Å²) in [5.41, 5.74) is 1.15. The topological polar surface area (TPSA) is 42.0 Å². The van der Waals surface area contributed by atoms with Gasteiger partial charge in [-0.1, -0.05) is 6.07 Å². The van der Waals surface area contributed by atoms with Crippen LogP contribution >= 0.6 is 0 Å². The molecule has 2 heterocycles. The van der Waals surface area contributed by atoms with E-state index in [4.69, 9.17) is 9.47 Å². The number of benzene rings is 1. The standard InChI is InChI=1S/C19H28N2O3/c1-23-15-8-9-16(18(13-15)24-2)17-7-6-12-21(17)14-19(22)20-10-4-3-5-11-20/h8-9,13,17H,3-7,10-12,14H2,1-2H3/t17-/m0/s1. The molecule has 1 aromatic rings. The minimum atomic E-state index is 0.250. The van der Waals surface area contributed by atoms with Crippen LogP contribution in [0.4, 0.5) is 0 Å². The number of carbonyl (C=O) groups is 1. The summed E-state index contributed by atoms with van der Waals surface area (Å²) in [6.07, 6.45) is 5.71. The summed E-state index contributed by atoms with van der Waals surface area (Å²) >= 11 is 0. The maximum Gasteiger partial charge on any atom is 0.236 e. The molecule has 0 saturated carbocycles. The molecule has 0 radical (unpaired) electrons. The highest BCUT2D eigenvalue weighted by Gasteiger charge is 2.31. The third kappa shape index (κ3) is 3.66. The lowest BCUT2D eigenvalue weighted by Gasteiger charge is -2.31. The molecular formula is C19H28N2O3. The average molecular weight is 332 g/mol. The van der Waals surface area contributed by atoms with Crippen molar-refractivity contribution in [3.05, 3.63) is 23.8 Å². The zero-order valence-electron chi connectivity index (χ0n) is 14.8. The highest BCUT2D eigenvalue weighted by Crippen LogP contribution is 2.38. The van der Waals surface area contributed by atoms with E-state index in [-0.39, 0.29) is 11.9 Å². The van der Waals surface area contributed by atoms with E-state index in [0.717, 1.165) is 62.4 Å². The van der Waals surface area contributed by atoms with Gasteiger partial charge >= 0.3 is 0 Å². The van der Waals surface area contributed by atoms with Crippen molar-refractivity contribution in [1.29, 1.82) is 0 Å². The van der Waals surface area contributed by atoms with Gasteiger partial charge in [-0.25, -0.2) is 0 Å². The van der Waals surface area contributed by atoms with E-state index < -0.39 is 0 Å². The smallest absolute Gasteiger partial charge is 0.236 e. The number of hydrogen-bond acceptors (Lipinski definition) is 4. The van der Waals surface area contributed by atoms with Crippen molar-refractivity contribution in [3.8, 4) is 11.5 Å². The fourth-order valence-corrected chi connectivity index (χ4v) is 3.88. The normalized spacial score (nSPS) is 21.8. The predicted molar refractivity (Wildman–Crippen MR) is 93.5 cm³/mol. The summed E-state index contributed by atoms with van der Waals surface area (Å²) in [6, 6.07) is 6.23. The summed E-state index contributed by atoms with van der Waals surface area (Å²) in [4.78, 5) is 17.0. The van der Waals surface area contributed by atoms with Gasteiger partial charge < -0.3 is 14.4 Å². The summed E-state index contributed by atoms with van der Waals surface area (Å²) in [6.45, 7) is 3.33. The Morgan fingerprint density at radius 2 is 1.88 bits per heavy atom. The molecule has 3 rings (SSSR count). The van der Waals surface area contributed by atoms with Gasteiger partial charge in [-0.3, -0.25) is 9.69 Å². The Balaban J connectivity index is 1.72. The Bertz CT molecular complexity index is 570. The van der Waals surface area contributed by atoms with Crippen molar-refractivity contribution in [2.75, 3.05) is 40.4 Å². The maximum absolute atomic E-state index is 12.6. The monoisotopic (exact) mass is 332 g/mol. The van der Waals surface area contributed by atoms with Gasteiger partial charge in [-0.2, -0.15) is 0 Å². The number of nitrogens with zero attached hydrogens (tertiary/aromatic N) is 2. The van der Waals surface area contributed by atoms with Crippen LogP contribution in [0.5, 0.6) is 11.5 Å². The molecule has 0 unspecified atom stereocenters. The SMILES string of the molecule is COc1ccc([C@@H]2CCCN2CC(=O)N2CCCCC2)c(OC)c1. The molecule has 0 spiro atoms. The van der Waals surface area contributed by atoms with Crippen LogP contribution in [0.1, 0.15) is 43.7 Å². The van der Waals surface area contributed by atoms with E-state index in [0.29, 0.717) is 6.54 Å². The van der Waals surface area contributed by atoms with Gasteiger partial charge in [0.1, 0.15) is 11.5 Å². The first-order chi connectivity index (χ1) is 11.7. The van der Waals surface area contributed by atoms with Gasteiger partial charge in [-0.05, 0) is 44.7 Å². The number of rotatable bonds is 5. The molecule has 2 saturated heterocycles. The van der Waals surface area contributed by atoms with Crippen LogP contribution in [0.15, 0.2) is 18.2 Å². The third-order valence-electron chi connectivity index (χ3n) is 5.21. The van der Waals surface area contributed by atoms with Crippen molar-refractivity contribution in [2.24, 2.45) is 0 Å². The fraction of sp³-hybridized carbons (Fsp3) is 0.632. The second kappa shape index (κ2) is 7.88. The number of carbonyl (C=O) groups excluding carboxylic acids is 1. The third-order valence-corrected chi connectivity index (χ3v) is 5.21. The lowest BCUT2D eigenvalue weighted by atomic mass is 10.0. The molecule has 0 bridgehead atoms. The van der Waals surface area contributed by atoms with Crippen molar-refractivity contribution >= 4 is 5.91 Å². The van der Waals surface area contributed by atoms with Crippen LogP contribution in [0, 0.1) is 0 Å². The van der Waals surface area contributed by atoms with E-state index in [1.165, 1.54) is 6.42 Å². The van der Waals surface area contributed by atoms with Gasteiger partial charge in [0.25, 0.3) is 0 Å². The summed E-state index contributed by atoms with van der Waals surface area (Å²) in [5, 5.41) is 0. The highest BCUT2D eigenvalue weighted by molar-refractivity contribution is 5.78. The van der Waals surface area contributed by atoms with Crippen molar-refractivity contribution in [3.63, 3.8) is 0 Å². The number of likely N-dealkylation sites (tertiary alicyclic amines) is 2. The second-order valence-corrected chi connectivity index (χ2v) is 6.68. The van der Waals surface area contributed by atoms with E-state index in [1.807, 2.05) is 17.0 Å². The van der Waals surface area contributed by atoms with Gasteiger partial charge in [0.2, 0.25) is 5.91 Å². The van der Waals surface area contributed by atoms with Crippen LogP contribution in [0.2, 0.25) is 0 Å². The minimum Gasteiger partial charge on any atom is -0.497 e. The van der Waals surface area contributed by atoms with Crippen molar-refractivity contribution in [2.45, 2.75) is 38.1 Å². The van der Waals surface area contributed by atoms with E-state index in [9.17, 15) is 4.79 Å². The van der Waals surface area contributed by atoms with E-state index in [1.54, 1.807) is 14.2 Å². The van der Waals surface area contributed by atoms with Crippen molar-refractivity contribution < 1.29 is 14.3 Å². The molecule has 0 aromatic heterocycles. The summed E-state index contributed by atoms with van der Waals surface area (Å²) < 4.78 is 10.9. The zero-order valence-corrected chi connectivity index (χ0v) is 14.8. The summed E-state index contributed by atoms with van der Waals surface area (Å²) in [7, 11) is 3.35. The minimum absolute atomic E-state index is 0.250. The lowest BCUT2D eigenvalue weighted by Crippen LogP contribution is -2.42. The molecule has 132 valence electrons. The Labute approximate surface area is 144 Å². The lowest BCUT2D eigenvalue weighted by molar-refractivity contribution is -0.133. The first-order valence-corrected chi connectivity index (χ1v) is 8.96. The van der Waals surface area contributed by atoms with Crippen molar-refractivity contribution in [1.82, 2.24) is 9.80 Å². The zero-order chi connectivity index (χ0) is 16.9. The number of methoxy groups -OCH3 is 2. The molecule has 1 amide bonds. The predicted octanol–water partition coefficient (Wildman–Crippen LogP) is 2.85. The Hall–Kier alpha value is -1.75. The van der Waals surface area contributed by atoms with Gasteiger partial charge in [0, 0.05) is 30.8 Å². The Morgan fingerprint density at radius 1 is 1.08 bits per heavy atom. The van der Waals surface area contributed by atoms with Crippen LogP contribution in [-0.4, -0.2) is 56.1 Å². The maximum atomic E-state index is 12.6. The number of piperidine rings is 1. The molecule has 24 heavy (non-hydrogen) atoms. The number of ether oxygens (including phenoxy) is 2. The quantitative estimate of drug-likeness (QED) is 0.831. The number of amides is 1. The van der Waals surface area contributed by atoms with Crippen LogP contribution in [-0.2, 0) is 4.79 Å². The summed E-state index contributed by atoms with van der Waals surface area (Å²) in [5.74, 6) is 1.91. The van der Waals surface area contributed by atoms with Crippen LogP contribution < -0.4 is 9.47 Å². The fourth-order valence-electron chi connectivity index (χ4n) is 3.88. The average Bonchev–Trinajstić information content (AvgIpc) is 3.09. The molecule has 0 N–H and O–H groups in total. The Kier molecular flexibility index (Phi) is 5.61. The van der Waals surface area contributed by atoms with Crippen LogP contribution in [0.25, 0.3) is 0 Å². The van der Waals surface area contributed by atoms with E-state index in [2.05, 4.69) is 11.0 Å². The number of hydrogen-bond donors (Lipinski definition) is 0. The molecule has 1 atom stereocenters. The first kappa shape index (κ1) is 17.1. The largest absolute Gasteiger partial charge is 0.497 e. The first-order valence-electron chi connectivity index (χ1n) is 8.96. The van der Waals surface area contributed by atoms with Gasteiger partial charge in [-0.15, -0.1) is 0 Å². The Morgan fingerprint density at radius 3 is 2.58 bits per heavy atom. The van der Waals surface area contributed by atoms with Gasteiger partial charge in [0.05, 0.1) is 20.8 Å². The molecule has 2 aliphatic heterocycles. The molecule has 5 heteroatoms. The van der Waals surface area contributed by atoms with E-state index >= 15 is 0 Å². The second-order valence-electron chi connectivity index (χ2n) is 6.68. The highest BCUT2D eigenvalue weighted by atomic mass is 16.5. The van der Waals surface area contributed by atoms with Gasteiger partial charge in [0.15, 0.2) is 0 Å².